The Morgan fingerprint density at radius 1 is 0.844 bits per heavy atom. The Morgan fingerprint density at radius 3 is 2.09 bits per heavy atom. The number of sulfonamides is 1. The molecule has 0 radical (unpaired) electrons. The van der Waals surface area contributed by atoms with Crippen LogP contribution in [0.1, 0.15) is 15.9 Å². The number of methoxy groups -OCH3 is 1. The van der Waals surface area contributed by atoms with E-state index in [2.05, 4.69) is 5.32 Å². The van der Waals surface area contributed by atoms with Gasteiger partial charge in [0, 0.05) is 33.1 Å². The number of para-hydroxylation sites is 2. The second-order valence-electron chi connectivity index (χ2n) is 10.9. The van der Waals surface area contributed by atoms with Gasteiger partial charge >= 0.3 is 0 Å². The van der Waals surface area contributed by atoms with Gasteiger partial charge in [0.05, 0.1) is 36.9 Å². The summed E-state index contributed by atoms with van der Waals surface area (Å²) in [7, 11) is -2.56. The standard InChI is InChI=1S/C36H33N3O5S/c1-25-14-20-31(21-15-25)45(42,43)39(28-9-7-8-26(22-28)36(41)37-27-16-18-30(44-2)19-17-27)24-29(40)23-38-34-12-5-3-10-32(34)33-11-4-6-13-35(33)38/h3-22,29,40H,23-24H2,1-2H3,(H,37,41). The third-order valence-electron chi connectivity index (χ3n) is 7.80. The molecule has 2 N–H and O–H groups in total. The van der Waals surface area contributed by atoms with Gasteiger partial charge in [0.1, 0.15) is 5.75 Å². The lowest BCUT2D eigenvalue weighted by Gasteiger charge is -2.28. The van der Waals surface area contributed by atoms with Crippen LogP contribution in [0.25, 0.3) is 21.8 Å². The number of aliphatic hydroxyl groups is 1. The number of nitrogens with zero attached hydrogens (tertiary/aromatic N) is 2. The van der Waals surface area contributed by atoms with E-state index in [1.807, 2.05) is 60.0 Å². The molecule has 1 aromatic heterocycles. The number of carbonyl (C=O) groups is 1. The van der Waals surface area contributed by atoms with E-state index >= 15 is 0 Å². The summed E-state index contributed by atoms with van der Waals surface area (Å²) in [5, 5.41) is 16.5. The molecule has 0 fully saturated rings. The lowest BCUT2D eigenvalue weighted by molar-refractivity contribution is 0.102. The van der Waals surface area contributed by atoms with Gasteiger partial charge < -0.3 is 19.7 Å². The molecule has 0 aliphatic carbocycles. The second-order valence-corrected chi connectivity index (χ2v) is 12.7. The summed E-state index contributed by atoms with van der Waals surface area (Å²) < 4.78 is 36.7. The van der Waals surface area contributed by atoms with Crippen LogP contribution >= 0.6 is 0 Å². The summed E-state index contributed by atoms with van der Waals surface area (Å²) in [4.78, 5) is 13.3. The average Bonchev–Trinajstić information content (AvgIpc) is 3.37. The number of carbonyl (C=O) groups excluding carboxylic acids is 1. The van der Waals surface area contributed by atoms with Crippen molar-refractivity contribution in [2.24, 2.45) is 0 Å². The van der Waals surface area contributed by atoms with Crippen LogP contribution in [0, 0.1) is 6.92 Å². The van der Waals surface area contributed by atoms with E-state index in [9.17, 15) is 18.3 Å². The molecule has 0 saturated carbocycles. The molecule has 0 spiro atoms. The summed E-state index contributed by atoms with van der Waals surface area (Å²) in [6.45, 7) is 1.81. The highest BCUT2D eigenvalue weighted by Crippen LogP contribution is 2.30. The van der Waals surface area contributed by atoms with Crippen LogP contribution in [0.4, 0.5) is 11.4 Å². The molecule has 9 heteroatoms. The molecular formula is C36H33N3O5S. The van der Waals surface area contributed by atoms with Gasteiger partial charge in [0.2, 0.25) is 0 Å². The third-order valence-corrected chi connectivity index (χ3v) is 9.61. The summed E-state index contributed by atoms with van der Waals surface area (Å²) in [6.07, 6.45) is -1.08. The number of fused-ring (bicyclic) bond motifs is 3. The Hall–Kier alpha value is -5.12. The molecule has 5 aromatic carbocycles. The van der Waals surface area contributed by atoms with E-state index < -0.39 is 22.0 Å². The van der Waals surface area contributed by atoms with E-state index in [0.717, 1.165) is 27.4 Å². The van der Waals surface area contributed by atoms with Gasteiger partial charge in [-0.05, 0) is 73.7 Å². The van der Waals surface area contributed by atoms with Crippen molar-refractivity contribution in [2.45, 2.75) is 24.5 Å². The van der Waals surface area contributed by atoms with Crippen molar-refractivity contribution < 1.29 is 23.1 Å². The van der Waals surface area contributed by atoms with Gasteiger partial charge in [-0.25, -0.2) is 8.42 Å². The number of rotatable bonds is 10. The molecule has 228 valence electrons. The molecule has 1 unspecified atom stereocenters. The maximum atomic E-state index is 14.1. The third kappa shape index (κ3) is 6.13. The Morgan fingerprint density at radius 2 is 1.47 bits per heavy atom. The summed E-state index contributed by atoms with van der Waals surface area (Å²) in [5.41, 5.74) is 3.91. The van der Waals surface area contributed by atoms with Crippen molar-refractivity contribution in [3.8, 4) is 5.75 Å². The fraction of sp³-hybridized carbons (Fsp3) is 0.139. The molecule has 0 aliphatic rings. The molecule has 6 aromatic rings. The predicted molar refractivity (Wildman–Crippen MR) is 179 cm³/mol. The van der Waals surface area contributed by atoms with E-state index in [-0.39, 0.29) is 29.2 Å². The number of nitrogens with one attached hydrogen (secondary N) is 1. The fourth-order valence-corrected chi connectivity index (χ4v) is 7.01. The van der Waals surface area contributed by atoms with Gasteiger partial charge in [0.25, 0.3) is 15.9 Å². The lowest BCUT2D eigenvalue weighted by Crippen LogP contribution is -2.39. The number of hydrogen-bond acceptors (Lipinski definition) is 5. The van der Waals surface area contributed by atoms with Crippen LogP contribution in [0.2, 0.25) is 0 Å². The quantitative estimate of drug-likeness (QED) is 0.180. The van der Waals surface area contributed by atoms with E-state index in [0.29, 0.717) is 11.4 Å². The van der Waals surface area contributed by atoms with Gasteiger partial charge in [0.15, 0.2) is 0 Å². The zero-order chi connectivity index (χ0) is 31.6. The number of ether oxygens (including phenoxy) is 1. The van der Waals surface area contributed by atoms with Crippen LogP contribution in [0.3, 0.4) is 0 Å². The van der Waals surface area contributed by atoms with E-state index in [4.69, 9.17) is 4.74 Å². The molecule has 45 heavy (non-hydrogen) atoms. The molecule has 1 heterocycles. The van der Waals surface area contributed by atoms with Crippen LogP contribution in [0.15, 0.2) is 126 Å². The van der Waals surface area contributed by atoms with Crippen molar-refractivity contribution in [1.82, 2.24) is 4.57 Å². The normalized spacial score (nSPS) is 12.2. The first kappa shape index (κ1) is 29.9. The molecular weight excluding hydrogens is 586 g/mol. The van der Waals surface area contributed by atoms with Crippen molar-refractivity contribution in [2.75, 3.05) is 23.3 Å². The summed E-state index contributed by atoms with van der Waals surface area (Å²) in [6, 6.07) is 35.8. The van der Waals surface area contributed by atoms with Crippen LogP contribution in [-0.2, 0) is 16.6 Å². The van der Waals surface area contributed by atoms with E-state index in [1.54, 1.807) is 73.8 Å². The number of aryl methyl sites for hydroxylation is 1. The number of benzene rings is 5. The second kappa shape index (κ2) is 12.5. The highest BCUT2D eigenvalue weighted by molar-refractivity contribution is 7.92. The highest BCUT2D eigenvalue weighted by Gasteiger charge is 2.28. The Kier molecular flexibility index (Phi) is 8.30. The topological polar surface area (TPSA) is 101 Å². The Balaban J connectivity index is 1.34. The van der Waals surface area contributed by atoms with Gasteiger partial charge in [-0.15, -0.1) is 0 Å². The van der Waals surface area contributed by atoms with Crippen LogP contribution < -0.4 is 14.4 Å². The van der Waals surface area contributed by atoms with Crippen molar-refractivity contribution >= 4 is 49.1 Å². The minimum absolute atomic E-state index is 0.0882. The first-order chi connectivity index (χ1) is 21.7. The SMILES string of the molecule is COc1ccc(NC(=O)c2cccc(N(CC(O)Cn3c4ccccc4c4ccccc43)S(=O)(=O)c3ccc(C)cc3)c2)cc1. The monoisotopic (exact) mass is 619 g/mol. The number of aliphatic hydroxyl groups excluding tert-OH is 1. The Bertz CT molecular complexity index is 2040. The maximum absolute atomic E-state index is 14.1. The molecule has 1 amide bonds. The lowest BCUT2D eigenvalue weighted by atomic mass is 10.1. The maximum Gasteiger partial charge on any atom is 0.264 e. The van der Waals surface area contributed by atoms with Crippen LogP contribution in [-0.4, -0.2) is 43.8 Å². The molecule has 6 rings (SSSR count). The van der Waals surface area contributed by atoms with E-state index in [1.165, 1.54) is 10.4 Å². The molecule has 8 nitrogen and oxygen atoms in total. The molecule has 0 bridgehead atoms. The van der Waals surface area contributed by atoms with Crippen molar-refractivity contribution in [3.05, 3.63) is 132 Å². The summed E-state index contributed by atoms with van der Waals surface area (Å²) >= 11 is 0. The number of hydrogen-bond donors (Lipinski definition) is 2. The fourth-order valence-electron chi connectivity index (χ4n) is 5.52. The Labute approximate surface area is 262 Å². The highest BCUT2D eigenvalue weighted by atomic mass is 32.2. The molecule has 1 atom stereocenters. The van der Waals surface area contributed by atoms with Crippen LogP contribution in [0.5, 0.6) is 5.75 Å². The molecule has 0 saturated heterocycles. The average molecular weight is 620 g/mol. The minimum atomic E-state index is -4.12. The van der Waals surface area contributed by atoms with Crippen molar-refractivity contribution in [1.29, 1.82) is 0 Å². The zero-order valence-electron chi connectivity index (χ0n) is 24.9. The number of anilines is 2. The zero-order valence-corrected chi connectivity index (χ0v) is 25.7. The van der Waals surface area contributed by atoms with Gasteiger partial charge in [-0.3, -0.25) is 9.10 Å². The number of amides is 1. The van der Waals surface area contributed by atoms with Crippen molar-refractivity contribution in [3.63, 3.8) is 0 Å². The van der Waals surface area contributed by atoms with Gasteiger partial charge in [-0.1, -0.05) is 60.2 Å². The minimum Gasteiger partial charge on any atom is -0.497 e. The molecule has 0 aliphatic heterocycles. The first-order valence-electron chi connectivity index (χ1n) is 14.5. The van der Waals surface area contributed by atoms with Gasteiger partial charge in [-0.2, -0.15) is 0 Å². The predicted octanol–water partition coefficient (Wildman–Crippen LogP) is 6.62. The number of aromatic nitrogens is 1. The largest absolute Gasteiger partial charge is 0.497 e. The first-order valence-corrected chi connectivity index (χ1v) is 16.0. The smallest absolute Gasteiger partial charge is 0.264 e. The summed E-state index contributed by atoms with van der Waals surface area (Å²) in [5.74, 6) is 0.256.